The van der Waals surface area contributed by atoms with Crippen molar-refractivity contribution < 1.29 is 15.0 Å². The lowest BCUT2D eigenvalue weighted by Gasteiger charge is -2.20. The molecule has 4 nitrogen and oxygen atoms in total. The molecule has 0 saturated heterocycles. The van der Waals surface area contributed by atoms with Crippen molar-refractivity contribution in [3.8, 4) is 0 Å². The summed E-state index contributed by atoms with van der Waals surface area (Å²) in [6.07, 6.45) is 50.9. The standard InChI is InChI=1S/C43H81NO3/c1-3-5-7-9-11-13-15-17-19-21-22-23-25-27-29-31-33-35-37-39-43(47)44-41(40-45)42(46)38-36-34-32-30-28-26-24-20-18-16-14-12-10-8-6-4-2/h11,13,15,17,36,38,41-42,45-46H,3-10,12,14,16,18-35,37,39-40H2,1-2H3,(H,44,47)/b13-11-,17-15-,38-36+. The molecule has 0 aliphatic rings. The second-order valence-corrected chi connectivity index (χ2v) is 14.1. The van der Waals surface area contributed by atoms with E-state index in [1.807, 2.05) is 6.08 Å². The molecular weight excluding hydrogens is 578 g/mol. The minimum Gasteiger partial charge on any atom is -0.394 e. The predicted molar refractivity (Wildman–Crippen MR) is 207 cm³/mol. The van der Waals surface area contributed by atoms with Crippen molar-refractivity contribution in [3.05, 3.63) is 36.5 Å². The fourth-order valence-electron chi connectivity index (χ4n) is 6.17. The van der Waals surface area contributed by atoms with Gasteiger partial charge in [-0.1, -0.05) is 198 Å². The summed E-state index contributed by atoms with van der Waals surface area (Å²) in [5, 5.41) is 23.0. The van der Waals surface area contributed by atoms with Gasteiger partial charge in [0, 0.05) is 6.42 Å². The van der Waals surface area contributed by atoms with Crippen LogP contribution in [-0.2, 0) is 4.79 Å². The highest BCUT2D eigenvalue weighted by atomic mass is 16.3. The Kier molecular flexibility index (Phi) is 37.9. The molecular formula is C43H81NO3. The molecule has 2 atom stereocenters. The lowest BCUT2D eigenvalue weighted by atomic mass is 10.0. The number of allylic oxidation sites excluding steroid dienone is 5. The van der Waals surface area contributed by atoms with Crippen LogP contribution in [0.25, 0.3) is 0 Å². The molecule has 4 heteroatoms. The Morgan fingerprint density at radius 2 is 0.851 bits per heavy atom. The average Bonchev–Trinajstić information content (AvgIpc) is 3.07. The van der Waals surface area contributed by atoms with Crippen LogP contribution in [0, 0.1) is 0 Å². The van der Waals surface area contributed by atoms with Crippen LogP contribution >= 0.6 is 0 Å². The lowest BCUT2D eigenvalue weighted by Crippen LogP contribution is -2.45. The monoisotopic (exact) mass is 660 g/mol. The van der Waals surface area contributed by atoms with Gasteiger partial charge in [-0.2, -0.15) is 0 Å². The van der Waals surface area contributed by atoms with E-state index in [2.05, 4.69) is 43.5 Å². The average molecular weight is 660 g/mol. The van der Waals surface area contributed by atoms with E-state index < -0.39 is 12.1 Å². The molecule has 0 aromatic rings. The van der Waals surface area contributed by atoms with Gasteiger partial charge < -0.3 is 15.5 Å². The Balaban J connectivity index is 3.59. The summed E-state index contributed by atoms with van der Waals surface area (Å²) in [5.41, 5.74) is 0. The van der Waals surface area contributed by atoms with Gasteiger partial charge in [0.2, 0.25) is 5.91 Å². The molecule has 3 N–H and O–H groups in total. The number of nitrogens with one attached hydrogen (secondary N) is 1. The summed E-state index contributed by atoms with van der Waals surface area (Å²) in [7, 11) is 0. The Bertz CT molecular complexity index is 716. The molecule has 0 aliphatic heterocycles. The van der Waals surface area contributed by atoms with Gasteiger partial charge in [-0.25, -0.2) is 0 Å². The second kappa shape index (κ2) is 39.1. The summed E-state index contributed by atoms with van der Waals surface area (Å²) in [5.74, 6) is -0.0682. The van der Waals surface area contributed by atoms with Crippen LogP contribution in [-0.4, -0.2) is 34.9 Å². The maximum absolute atomic E-state index is 12.4. The van der Waals surface area contributed by atoms with E-state index in [1.54, 1.807) is 6.08 Å². The number of aliphatic hydroxyl groups is 2. The van der Waals surface area contributed by atoms with E-state index in [0.29, 0.717) is 6.42 Å². The molecule has 0 saturated carbocycles. The van der Waals surface area contributed by atoms with Crippen LogP contribution in [0.4, 0.5) is 0 Å². The highest BCUT2D eigenvalue weighted by Crippen LogP contribution is 2.15. The van der Waals surface area contributed by atoms with Crippen molar-refractivity contribution in [2.24, 2.45) is 0 Å². The Morgan fingerprint density at radius 1 is 0.511 bits per heavy atom. The Morgan fingerprint density at radius 3 is 1.28 bits per heavy atom. The van der Waals surface area contributed by atoms with Gasteiger partial charge in [0.25, 0.3) is 0 Å². The minimum atomic E-state index is -0.839. The molecule has 0 spiro atoms. The lowest BCUT2D eigenvalue weighted by molar-refractivity contribution is -0.123. The van der Waals surface area contributed by atoms with E-state index in [4.69, 9.17) is 0 Å². The second-order valence-electron chi connectivity index (χ2n) is 14.1. The number of rotatable bonds is 37. The molecule has 276 valence electrons. The molecule has 0 aromatic carbocycles. The fourth-order valence-corrected chi connectivity index (χ4v) is 6.17. The van der Waals surface area contributed by atoms with E-state index in [-0.39, 0.29) is 12.5 Å². The van der Waals surface area contributed by atoms with Crippen molar-refractivity contribution in [1.82, 2.24) is 5.32 Å². The number of carbonyl (C=O) groups is 1. The SMILES string of the molecule is CCCCC/C=C\C=C/CCCCCCCCCCCCC(=O)NC(CO)C(O)/C=C/CCCCCCCCCCCCCCCC. The predicted octanol–water partition coefficient (Wildman–Crippen LogP) is 12.6. The van der Waals surface area contributed by atoms with Gasteiger partial charge in [0.1, 0.15) is 0 Å². The summed E-state index contributed by atoms with van der Waals surface area (Å²) < 4.78 is 0. The van der Waals surface area contributed by atoms with Crippen LogP contribution < -0.4 is 5.32 Å². The largest absolute Gasteiger partial charge is 0.394 e. The topological polar surface area (TPSA) is 69.6 Å². The Hall–Kier alpha value is -1.39. The van der Waals surface area contributed by atoms with Crippen LogP contribution in [0.5, 0.6) is 0 Å². The van der Waals surface area contributed by atoms with Gasteiger partial charge in [-0.15, -0.1) is 0 Å². The first-order valence-electron chi connectivity index (χ1n) is 20.7. The van der Waals surface area contributed by atoms with Crippen molar-refractivity contribution >= 4 is 5.91 Å². The highest BCUT2D eigenvalue weighted by Gasteiger charge is 2.17. The first-order chi connectivity index (χ1) is 23.2. The van der Waals surface area contributed by atoms with Crippen LogP contribution in [0.1, 0.15) is 213 Å². The zero-order chi connectivity index (χ0) is 34.3. The fraction of sp³-hybridized carbons (Fsp3) is 0.837. The van der Waals surface area contributed by atoms with Crippen molar-refractivity contribution in [2.45, 2.75) is 225 Å². The van der Waals surface area contributed by atoms with Gasteiger partial charge in [-0.3, -0.25) is 4.79 Å². The van der Waals surface area contributed by atoms with E-state index >= 15 is 0 Å². The third kappa shape index (κ3) is 35.7. The van der Waals surface area contributed by atoms with E-state index in [0.717, 1.165) is 25.7 Å². The summed E-state index contributed by atoms with van der Waals surface area (Å²) in [6.45, 7) is 4.28. The van der Waals surface area contributed by atoms with Crippen LogP contribution in [0.15, 0.2) is 36.5 Å². The minimum absolute atomic E-state index is 0.0682. The van der Waals surface area contributed by atoms with E-state index in [1.165, 1.54) is 167 Å². The number of amides is 1. The van der Waals surface area contributed by atoms with Crippen LogP contribution in [0.2, 0.25) is 0 Å². The van der Waals surface area contributed by atoms with E-state index in [9.17, 15) is 15.0 Å². The maximum atomic E-state index is 12.4. The van der Waals surface area contributed by atoms with Crippen LogP contribution in [0.3, 0.4) is 0 Å². The third-order valence-electron chi connectivity index (χ3n) is 9.40. The molecule has 47 heavy (non-hydrogen) atoms. The number of aliphatic hydroxyl groups excluding tert-OH is 2. The molecule has 0 aliphatic carbocycles. The molecule has 0 radical (unpaired) electrons. The normalized spacial score (nSPS) is 13.4. The van der Waals surface area contributed by atoms with Gasteiger partial charge in [0.15, 0.2) is 0 Å². The first kappa shape index (κ1) is 45.6. The third-order valence-corrected chi connectivity index (χ3v) is 9.40. The Labute approximate surface area is 293 Å². The zero-order valence-electron chi connectivity index (χ0n) is 31.5. The van der Waals surface area contributed by atoms with Crippen molar-refractivity contribution in [1.29, 1.82) is 0 Å². The summed E-state index contributed by atoms with van der Waals surface area (Å²) >= 11 is 0. The smallest absolute Gasteiger partial charge is 0.220 e. The molecule has 0 bridgehead atoms. The van der Waals surface area contributed by atoms with Crippen molar-refractivity contribution in [3.63, 3.8) is 0 Å². The zero-order valence-corrected chi connectivity index (χ0v) is 31.5. The molecule has 0 heterocycles. The van der Waals surface area contributed by atoms with Gasteiger partial charge in [-0.05, 0) is 44.9 Å². The quantitative estimate of drug-likeness (QED) is 0.0353. The molecule has 0 aromatic heterocycles. The van der Waals surface area contributed by atoms with Crippen molar-refractivity contribution in [2.75, 3.05) is 6.61 Å². The number of hydrogen-bond acceptors (Lipinski definition) is 3. The number of carbonyl (C=O) groups excluding carboxylic acids is 1. The molecule has 0 rings (SSSR count). The number of hydrogen-bond donors (Lipinski definition) is 3. The molecule has 1 amide bonds. The number of unbranched alkanes of at least 4 members (excludes halogenated alkanes) is 27. The first-order valence-corrected chi connectivity index (χ1v) is 20.7. The molecule has 2 unspecified atom stereocenters. The summed E-state index contributed by atoms with van der Waals surface area (Å²) in [4.78, 5) is 12.4. The van der Waals surface area contributed by atoms with Gasteiger partial charge >= 0.3 is 0 Å². The highest BCUT2D eigenvalue weighted by molar-refractivity contribution is 5.76. The molecule has 0 fully saturated rings. The van der Waals surface area contributed by atoms with Gasteiger partial charge in [0.05, 0.1) is 18.8 Å². The maximum Gasteiger partial charge on any atom is 0.220 e. The summed E-state index contributed by atoms with van der Waals surface area (Å²) in [6, 6.07) is -0.622.